The lowest BCUT2D eigenvalue weighted by Gasteiger charge is -2.33. The van der Waals surface area contributed by atoms with Crippen LogP contribution in [0.25, 0.3) is 5.65 Å². The van der Waals surface area contributed by atoms with Gasteiger partial charge in [-0.05, 0) is 37.3 Å². The highest BCUT2D eigenvalue weighted by Gasteiger charge is 2.47. The lowest BCUT2D eigenvalue weighted by atomic mass is 9.80. The molecule has 1 aromatic carbocycles. The van der Waals surface area contributed by atoms with Crippen molar-refractivity contribution < 1.29 is 18.7 Å². The molecule has 1 amide bonds. The number of carbonyl (C=O) groups is 2. The molecule has 1 aliphatic carbocycles. The van der Waals surface area contributed by atoms with Gasteiger partial charge in [-0.2, -0.15) is 0 Å². The minimum atomic E-state index is -0.975. The van der Waals surface area contributed by atoms with E-state index >= 15 is 4.39 Å². The van der Waals surface area contributed by atoms with Gasteiger partial charge in [0.05, 0.1) is 35.7 Å². The summed E-state index contributed by atoms with van der Waals surface area (Å²) in [5.41, 5.74) is 4.46. The molecule has 3 aromatic heterocycles. The minimum absolute atomic E-state index is 0.122. The number of methoxy groups -OCH3 is 1. The number of nitrogens with one attached hydrogen (secondary N) is 2. The number of fused-ring (bicyclic) bond motifs is 6. The van der Waals surface area contributed by atoms with Gasteiger partial charge in [-0.25, -0.2) is 19.2 Å². The lowest BCUT2D eigenvalue weighted by molar-refractivity contribution is -0.118. The Morgan fingerprint density at radius 1 is 1.22 bits per heavy atom. The molecule has 0 fully saturated rings. The van der Waals surface area contributed by atoms with Crippen molar-refractivity contribution in [3.63, 3.8) is 0 Å². The predicted molar refractivity (Wildman–Crippen MR) is 137 cm³/mol. The number of amides is 1. The van der Waals surface area contributed by atoms with E-state index in [4.69, 9.17) is 32.9 Å². The summed E-state index contributed by atoms with van der Waals surface area (Å²) in [5, 5.41) is 6.57. The zero-order valence-corrected chi connectivity index (χ0v) is 21.2. The number of pyridine rings is 2. The molecule has 1 aliphatic heterocycles. The monoisotopic (exact) mass is 539 g/mol. The van der Waals surface area contributed by atoms with Crippen molar-refractivity contribution in [2.24, 2.45) is 0 Å². The van der Waals surface area contributed by atoms with Crippen LogP contribution in [-0.2, 0) is 16.0 Å². The van der Waals surface area contributed by atoms with Crippen LogP contribution in [0, 0.1) is 12.7 Å². The number of halogens is 3. The van der Waals surface area contributed by atoms with Crippen LogP contribution in [0.2, 0.25) is 10.2 Å². The summed E-state index contributed by atoms with van der Waals surface area (Å²) in [6.45, 7) is 1.80. The first-order chi connectivity index (χ1) is 17.8. The van der Waals surface area contributed by atoms with E-state index in [0.717, 1.165) is 5.69 Å². The molecule has 6 rings (SSSR count). The number of nitrogens with zero attached hydrogens (tertiary/aromatic N) is 3. The molecule has 188 valence electrons. The van der Waals surface area contributed by atoms with Crippen molar-refractivity contribution >= 4 is 52.1 Å². The Morgan fingerprint density at radius 3 is 2.81 bits per heavy atom. The average Bonchev–Trinajstić information content (AvgIpc) is 3.39. The van der Waals surface area contributed by atoms with E-state index in [9.17, 15) is 9.59 Å². The molecule has 2 aliphatic rings. The van der Waals surface area contributed by atoms with Crippen molar-refractivity contribution in [3.8, 4) is 0 Å². The second kappa shape index (κ2) is 8.71. The summed E-state index contributed by atoms with van der Waals surface area (Å²) >= 11 is 12.2. The fourth-order valence-electron chi connectivity index (χ4n) is 5.49. The normalized spacial score (nSPS) is 20.2. The van der Waals surface area contributed by atoms with Crippen LogP contribution in [0.1, 0.15) is 44.7 Å². The molecule has 0 saturated heterocycles. The molecule has 3 atom stereocenters. The summed E-state index contributed by atoms with van der Waals surface area (Å²) in [6.07, 6.45) is 3.66. The number of anilines is 2. The van der Waals surface area contributed by atoms with E-state index in [1.54, 1.807) is 37.4 Å². The molecular weight excluding hydrogens is 520 g/mol. The van der Waals surface area contributed by atoms with Crippen LogP contribution in [0.15, 0.2) is 42.7 Å². The van der Waals surface area contributed by atoms with Crippen LogP contribution in [0.4, 0.5) is 15.8 Å². The maximum Gasteiger partial charge on any atom is 0.338 e. The zero-order valence-electron chi connectivity index (χ0n) is 19.7. The molecule has 0 radical (unpaired) electrons. The van der Waals surface area contributed by atoms with Crippen LogP contribution >= 0.6 is 23.2 Å². The van der Waals surface area contributed by atoms with Crippen molar-refractivity contribution in [1.82, 2.24) is 14.4 Å². The summed E-state index contributed by atoms with van der Waals surface area (Å²) in [6, 6.07) is 8.05. The van der Waals surface area contributed by atoms with Crippen LogP contribution in [-0.4, -0.2) is 39.4 Å². The molecule has 0 saturated carbocycles. The third-order valence-electron chi connectivity index (χ3n) is 7.17. The molecule has 11 heteroatoms. The van der Waals surface area contributed by atoms with Gasteiger partial charge in [0.25, 0.3) is 0 Å². The Hall–Kier alpha value is -3.69. The molecule has 8 nitrogen and oxygen atoms in total. The first-order valence-corrected chi connectivity index (χ1v) is 12.3. The van der Waals surface area contributed by atoms with E-state index in [2.05, 4.69) is 15.6 Å². The quantitative estimate of drug-likeness (QED) is 0.271. The highest BCUT2D eigenvalue weighted by molar-refractivity contribution is 6.31. The predicted octanol–water partition coefficient (Wildman–Crippen LogP) is 5.13. The van der Waals surface area contributed by atoms with Gasteiger partial charge in [0.1, 0.15) is 5.65 Å². The molecular formula is C26H20Cl2FN5O3. The second-order valence-electron chi connectivity index (χ2n) is 9.13. The van der Waals surface area contributed by atoms with E-state index in [0.29, 0.717) is 45.3 Å². The number of carbonyl (C=O) groups excluding carboxylic acids is 2. The van der Waals surface area contributed by atoms with Crippen molar-refractivity contribution in [3.05, 3.63) is 86.8 Å². The van der Waals surface area contributed by atoms with Gasteiger partial charge < -0.3 is 19.8 Å². The summed E-state index contributed by atoms with van der Waals surface area (Å²) in [4.78, 5) is 34.8. The van der Waals surface area contributed by atoms with Gasteiger partial charge in [-0.1, -0.05) is 23.2 Å². The number of hydrogen-bond acceptors (Lipinski definition) is 6. The Morgan fingerprint density at radius 2 is 2.03 bits per heavy atom. The Kier molecular flexibility index (Phi) is 5.58. The highest BCUT2D eigenvalue weighted by atomic mass is 35.5. The fraction of sp³-hybridized carbons (Fsp3) is 0.231. The Labute approximate surface area is 220 Å². The number of ether oxygens (including phenoxy) is 1. The van der Waals surface area contributed by atoms with Crippen molar-refractivity contribution in [1.29, 1.82) is 0 Å². The van der Waals surface area contributed by atoms with Gasteiger partial charge in [-0.15, -0.1) is 0 Å². The van der Waals surface area contributed by atoms with Gasteiger partial charge in [0.15, 0.2) is 11.0 Å². The molecule has 2 N–H and O–H groups in total. The molecule has 4 aromatic rings. The number of esters is 1. The van der Waals surface area contributed by atoms with Gasteiger partial charge in [0.2, 0.25) is 5.91 Å². The summed E-state index contributed by atoms with van der Waals surface area (Å²) in [7, 11) is 1.32. The van der Waals surface area contributed by atoms with Gasteiger partial charge in [-0.3, -0.25) is 4.79 Å². The number of hydrogen-bond donors (Lipinski definition) is 2. The maximum atomic E-state index is 15.3. The van der Waals surface area contributed by atoms with Crippen molar-refractivity contribution in [2.75, 3.05) is 17.7 Å². The third kappa shape index (κ3) is 3.64. The van der Waals surface area contributed by atoms with E-state index < -0.39 is 29.5 Å². The minimum Gasteiger partial charge on any atom is -0.465 e. The molecule has 37 heavy (non-hydrogen) atoms. The first kappa shape index (κ1) is 23.7. The maximum absolute atomic E-state index is 15.3. The van der Waals surface area contributed by atoms with Gasteiger partial charge in [0, 0.05) is 52.6 Å². The van der Waals surface area contributed by atoms with E-state index in [-0.39, 0.29) is 16.8 Å². The largest absolute Gasteiger partial charge is 0.465 e. The standard InChI is InChI=1S/C26H20Cl2FN5O3/c1-11-13(26(36)37-2)6-8-34-18-10-17-20(22(18)33-24(11)34)19(14-5-7-30-23(28)21(14)29)25(35)32-16-9-12(27)3-4-15(16)31-17/h3-9,17,19-20,31H,10H2,1-2H3,(H,32,35)/t17-,19-,20+/m0/s1. The SMILES string of the molecule is COC(=O)c1ccn2c3c(nc2c1C)[C@@H]1[C@H](C3)Nc2ccc(Cl)cc2NC(=O)[C@H]1c1ccnc(Cl)c1F. The summed E-state index contributed by atoms with van der Waals surface area (Å²) < 4.78 is 22.2. The summed E-state index contributed by atoms with van der Waals surface area (Å²) in [5.74, 6) is -3.16. The zero-order chi connectivity index (χ0) is 26.0. The third-order valence-corrected chi connectivity index (χ3v) is 7.67. The second-order valence-corrected chi connectivity index (χ2v) is 9.92. The van der Waals surface area contributed by atoms with E-state index in [1.165, 1.54) is 19.4 Å². The molecule has 0 spiro atoms. The Balaban J connectivity index is 1.57. The number of imidazole rings is 1. The number of aryl methyl sites for hydroxylation is 1. The van der Waals surface area contributed by atoms with E-state index in [1.807, 2.05) is 4.40 Å². The van der Waals surface area contributed by atoms with Crippen molar-refractivity contribution in [2.45, 2.75) is 31.2 Å². The van der Waals surface area contributed by atoms with Crippen LogP contribution < -0.4 is 10.6 Å². The smallest absolute Gasteiger partial charge is 0.338 e. The molecule has 0 bridgehead atoms. The fourth-order valence-corrected chi connectivity index (χ4v) is 5.82. The van der Waals surface area contributed by atoms with Crippen LogP contribution in [0.3, 0.4) is 0 Å². The van der Waals surface area contributed by atoms with Gasteiger partial charge >= 0.3 is 5.97 Å². The number of rotatable bonds is 2. The van der Waals surface area contributed by atoms with Crippen LogP contribution in [0.5, 0.6) is 0 Å². The molecule has 4 heterocycles. The topological polar surface area (TPSA) is 97.6 Å². The molecule has 0 unspecified atom stereocenters. The number of benzene rings is 1. The Bertz CT molecular complexity index is 1620. The highest BCUT2D eigenvalue weighted by Crippen LogP contribution is 2.48. The average molecular weight is 540 g/mol. The lowest BCUT2D eigenvalue weighted by Crippen LogP contribution is -2.38. The first-order valence-electron chi connectivity index (χ1n) is 11.5. The number of aromatic nitrogens is 3.